The molecule has 2 aromatic rings. The van der Waals surface area contributed by atoms with Gasteiger partial charge < -0.3 is 9.67 Å². The molecule has 5 nitrogen and oxygen atoms in total. The minimum atomic E-state index is -0.820. The van der Waals surface area contributed by atoms with Crippen LogP contribution >= 0.6 is 11.6 Å². The fourth-order valence-corrected chi connectivity index (χ4v) is 2.02. The van der Waals surface area contributed by atoms with Gasteiger partial charge in [0.25, 0.3) is 0 Å². The Morgan fingerprint density at radius 3 is 2.59 bits per heavy atom. The Labute approximate surface area is 105 Å². The second-order valence-corrected chi connectivity index (χ2v) is 4.66. The van der Waals surface area contributed by atoms with Crippen molar-refractivity contribution in [2.24, 2.45) is 7.05 Å². The summed E-state index contributed by atoms with van der Waals surface area (Å²) in [5.41, 5.74) is 1.29. The van der Waals surface area contributed by atoms with Crippen LogP contribution in [0, 0.1) is 0 Å². The molecule has 0 spiro atoms. The average Bonchev–Trinajstić information content (AvgIpc) is 2.83. The van der Waals surface area contributed by atoms with Crippen molar-refractivity contribution in [3.63, 3.8) is 0 Å². The second-order valence-electron chi connectivity index (χ2n) is 4.25. The van der Waals surface area contributed by atoms with Crippen LogP contribution < -0.4 is 0 Å². The van der Waals surface area contributed by atoms with Gasteiger partial charge in [-0.15, -0.1) is 0 Å². The van der Waals surface area contributed by atoms with Gasteiger partial charge in [0.1, 0.15) is 6.10 Å². The molecule has 92 valence electrons. The van der Waals surface area contributed by atoms with Crippen LogP contribution in [0.15, 0.2) is 18.7 Å². The van der Waals surface area contributed by atoms with Crippen LogP contribution in [-0.2, 0) is 7.05 Å². The molecule has 0 aliphatic carbocycles. The highest BCUT2D eigenvalue weighted by Gasteiger charge is 2.23. The van der Waals surface area contributed by atoms with E-state index in [1.165, 1.54) is 0 Å². The second kappa shape index (κ2) is 4.50. The summed E-state index contributed by atoms with van der Waals surface area (Å²) >= 11 is 6.08. The maximum absolute atomic E-state index is 10.4. The third-order valence-corrected chi connectivity index (χ3v) is 2.96. The van der Waals surface area contributed by atoms with Gasteiger partial charge in [-0.3, -0.25) is 4.68 Å². The van der Waals surface area contributed by atoms with Crippen molar-refractivity contribution in [1.29, 1.82) is 0 Å². The van der Waals surface area contributed by atoms with Crippen LogP contribution in [0.5, 0.6) is 0 Å². The first kappa shape index (κ1) is 12.1. The molecule has 0 bridgehead atoms. The zero-order chi connectivity index (χ0) is 12.6. The van der Waals surface area contributed by atoms with Crippen LogP contribution in [0.25, 0.3) is 0 Å². The number of hydrogen-bond acceptors (Lipinski definition) is 3. The van der Waals surface area contributed by atoms with E-state index < -0.39 is 6.10 Å². The van der Waals surface area contributed by atoms with Crippen LogP contribution in [0.4, 0.5) is 0 Å². The summed E-state index contributed by atoms with van der Waals surface area (Å²) in [6.45, 7) is 3.98. The third kappa shape index (κ3) is 2.08. The van der Waals surface area contributed by atoms with Gasteiger partial charge in [0.15, 0.2) is 0 Å². The molecule has 1 atom stereocenters. The Balaban J connectivity index is 2.47. The molecule has 6 heteroatoms. The average molecular weight is 255 g/mol. The Morgan fingerprint density at radius 1 is 1.35 bits per heavy atom. The number of aliphatic hydroxyl groups is 1. The summed E-state index contributed by atoms with van der Waals surface area (Å²) in [6, 6.07) is 0.139. The number of hydrogen-bond donors (Lipinski definition) is 1. The van der Waals surface area contributed by atoms with Gasteiger partial charge >= 0.3 is 0 Å². The highest BCUT2D eigenvalue weighted by Crippen LogP contribution is 2.29. The van der Waals surface area contributed by atoms with Crippen LogP contribution in [-0.4, -0.2) is 24.4 Å². The van der Waals surface area contributed by atoms with Crippen LogP contribution in [0.3, 0.4) is 0 Å². The molecule has 0 saturated heterocycles. The molecule has 0 amide bonds. The largest absolute Gasteiger partial charge is 0.380 e. The topological polar surface area (TPSA) is 55.9 Å². The van der Waals surface area contributed by atoms with Gasteiger partial charge in [0, 0.05) is 13.1 Å². The van der Waals surface area contributed by atoms with Gasteiger partial charge in [-0.25, -0.2) is 4.98 Å². The van der Waals surface area contributed by atoms with E-state index in [0.717, 1.165) is 0 Å². The first-order valence-electron chi connectivity index (χ1n) is 5.39. The smallest absolute Gasteiger partial charge is 0.139 e. The van der Waals surface area contributed by atoms with Gasteiger partial charge in [-0.1, -0.05) is 11.6 Å². The number of rotatable bonds is 3. The van der Waals surface area contributed by atoms with Gasteiger partial charge in [-0.05, 0) is 13.8 Å². The monoisotopic (exact) mass is 254 g/mol. The standard InChI is InChI=1S/C11H15ClN4O/c1-7(2)16-10(8(12)4-14-16)11(17)9-5-13-6-15(9)3/h4-7,11,17H,1-3H3. The van der Waals surface area contributed by atoms with E-state index in [4.69, 9.17) is 11.6 Å². The number of halogens is 1. The lowest BCUT2D eigenvalue weighted by molar-refractivity contribution is 0.197. The van der Waals surface area contributed by atoms with Crippen LogP contribution in [0.1, 0.15) is 37.4 Å². The summed E-state index contributed by atoms with van der Waals surface area (Å²) in [7, 11) is 1.83. The fraction of sp³-hybridized carbons (Fsp3) is 0.455. The third-order valence-electron chi connectivity index (χ3n) is 2.67. The molecule has 2 rings (SSSR count). The molecule has 1 unspecified atom stereocenters. The minimum absolute atomic E-state index is 0.139. The SMILES string of the molecule is CC(C)n1ncc(Cl)c1C(O)c1cncn1C. The summed E-state index contributed by atoms with van der Waals surface area (Å²) in [4.78, 5) is 3.99. The molecule has 0 fully saturated rings. The highest BCUT2D eigenvalue weighted by atomic mass is 35.5. The van der Waals surface area contributed by atoms with Crippen molar-refractivity contribution >= 4 is 11.6 Å². The lowest BCUT2D eigenvalue weighted by atomic mass is 10.2. The predicted molar refractivity (Wildman–Crippen MR) is 64.9 cm³/mol. The van der Waals surface area contributed by atoms with E-state index in [2.05, 4.69) is 10.1 Å². The Hall–Kier alpha value is -1.33. The van der Waals surface area contributed by atoms with Crippen molar-refractivity contribution in [3.05, 3.63) is 35.1 Å². The molecule has 0 saturated carbocycles. The summed E-state index contributed by atoms with van der Waals surface area (Å²) < 4.78 is 3.48. The number of imidazole rings is 1. The Kier molecular flexibility index (Phi) is 3.22. The fourth-order valence-electron chi connectivity index (χ4n) is 1.79. The summed E-state index contributed by atoms with van der Waals surface area (Å²) in [6.07, 6.45) is 4.00. The quantitative estimate of drug-likeness (QED) is 0.911. The van der Waals surface area contributed by atoms with Crippen molar-refractivity contribution in [2.75, 3.05) is 0 Å². The molecule has 0 radical (unpaired) electrons. The predicted octanol–water partition coefficient (Wildman–Crippen LogP) is 1.93. The first-order valence-corrected chi connectivity index (χ1v) is 5.77. The first-order chi connectivity index (χ1) is 8.02. The van der Waals surface area contributed by atoms with E-state index >= 15 is 0 Å². The van der Waals surface area contributed by atoms with E-state index in [1.807, 2.05) is 20.9 Å². The van der Waals surface area contributed by atoms with Gasteiger partial charge in [-0.2, -0.15) is 5.10 Å². The maximum atomic E-state index is 10.4. The number of aliphatic hydroxyl groups excluding tert-OH is 1. The van der Waals surface area contributed by atoms with Gasteiger partial charge in [0.05, 0.1) is 35.1 Å². The van der Waals surface area contributed by atoms with E-state index in [9.17, 15) is 5.11 Å². The molecular weight excluding hydrogens is 240 g/mol. The molecule has 1 N–H and O–H groups in total. The van der Waals surface area contributed by atoms with E-state index in [0.29, 0.717) is 16.4 Å². The molecular formula is C11H15ClN4O. The van der Waals surface area contributed by atoms with Crippen molar-refractivity contribution in [1.82, 2.24) is 19.3 Å². The number of nitrogens with zero attached hydrogens (tertiary/aromatic N) is 4. The zero-order valence-corrected chi connectivity index (χ0v) is 10.8. The summed E-state index contributed by atoms with van der Waals surface area (Å²) in [5.74, 6) is 0. The van der Waals surface area contributed by atoms with Crippen molar-refractivity contribution in [2.45, 2.75) is 26.0 Å². The molecule has 0 aromatic carbocycles. The maximum Gasteiger partial charge on any atom is 0.139 e. The van der Waals surface area contributed by atoms with Crippen molar-refractivity contribution < 1.29 is 5.11 Å². The molecule has 2 heterocycles. The van der Waals surface area contributed by atoms with Crippen molar-refractivity contribution in [3.8, 4) is 0 Å². The minimum Gasteiger partial charge on any atom is -0.380 e. The molecule has 0 aliphatic rings. The lowest BCUT2D eigenvalue weighted by Gasteiger charge is -2.16. The Morgan fingerprint density at radius 2 is 2.06 bits per heavy atom. The highest BCUT2D eigenvalue weighted by molar-refractivity contribution is 6.31. The zero-order valence-electron chi connectivity index (χ0n) is 10.0. The summed E-state index contributed by atoms with van der Waals surface area (Å²) in [5, 5.41) is 15.0. The van der Waals surface area contributed by atoms with E-state index in [1.54, 1.807) is 28.0 Å². The number of aromatic nitrogens is 4. The Bertz CT molecular complexity index is 517. The molecule has 0 aliphatic heterocycles. The number of aryl methyl sites for hydroxylation is 1. The lowest BCUT2D eigenvalue weighted by Crippen LogP contribution is -2.14. The van der Waals surface area contributed by atoms with Gasteiger partial charge in [0.2, 0.25) is 0 Å². The van der Waals surface area contributed by atoms with E-state index in [-0.39, 0.29) is 6.04 Å². The van der Waals surface area contributed by atoms with Crippen LogP contribution in [0.2, 0.25) is 5.02 Å². The molecule has 17 heavy (non-hydrogen) atoms. The normalized spacial score (nSPS) is 13.3. The molecule has 2 aromatic heterocycles.